The van der Waals surface area contributed by atoms with E-state index in [2.05, 4.69) is 15.9 Å². The molecule has 1 aliphatic rings. The van der Waals surface area contributed by atoms with Crippen molar-refractivity contribution in [2.75, 3.05) is 25.7 Å². The highest BCUT2D eigenvalue weighted by Crippen LogP contribution is 2.42. The number of amides is 1. The van der Waals surface area contributed by atoms with Gasteiger partial charge in [0.25, 0.3) is 0 Å². The van der Waals surface area contributed by atoms with Gasteiger partial charge in [-0.3, -0.25) is 4.79 Å². The van der Waals surface area contributed by atoms with Gasteiger partial charge in [-0.25, -0.2) is 0 Å². The maximum Gasteiger partial charge on any atom is 0.234 e. The van der Waals surface area contributed by atoms with Crippen LogP contribution in [0.5, 0.6) is 11.5 Å². The minimum atomic E-state index is -0.214. The fourth-order valence-electron chi connectivity index (χ4n) is 3.20. The van der Waals surface area contributed by atoms with Crippen LogP contribution in [0.15, 0.2) is 40.9 Å². The van der Waals surface area contributed by atoms with Crippen LogP contribution in [0.2, 0.25) is 0 Å². The fraction of sp³-hybridized carbons (Fsp3) is 0.316. The Balaban J connectivity index is 2.01. The molecule has 0 aliphatic carbocycles. The summed E-state index contributed by atoms with van der Waals surface area (Å²) >= 11 is 3.51. The quantitative estimate of drug-likeness (QED) is 0.770. The van der Waals surface area contributed by atoms with Crippen molar-refractivity contribution in [3.63, 3.8) is 0 Å². The molecule has 1 unspecified atom stereocenters. The summed E-state index contributed by atoms with van der Waals surface area (Å²) in [6, 6.07) is 11.8. The lowest BCUT2D eigenvalue weighted by molar-refractivity contribution is -0.119. The zero-order chi connectivity index (χ0) is 17.3. The molecule has 2 aromatic rings. The Hall–Kier alpha value is -2.01. The van der Waals surface area contributed by atoms with Gasteiger partial charge in [-0.15, -0.1) is 0 Å². The van der Waals surface area contributed by atoms with Gasteiger partial charge in [0, 0.05) is 17.2 Å². The molecule has 5 heteroatoms. The van der Waals surface area contributed by atoms with Gasteiger partial charge in [-0.1, -0.05) is 28.1 Å². The van der Waals surface area contributed by atoms with E-state index >= 15 is 0 Å². The number of hydrogen-bond acceptors (Lipinski definition) is 3. The molecule has 126 valence electrons. The first-order chi connectivity index (χ1) is 11.6. The van der Waals surface area contributed by atoms with Gasteiger partial charge < -0.3 is 14.4 Å². The molecule has 4 nitrogen and oxygen atoms in total. The van der Waals surface area contributed by atoms with Crippen molar-refractivity contribution in [1.82, 2.24) is 0 Å². The summed E-state index contributed by atoms with van der Waals surface area (Å²) in [6.07, 6.45) is 0.583. The first-order valence-corrected chi connectivity index (χ1v) is 8.71. The van der Waals surface area contributed by atoms with Crippen LogP contribution in [0.3, 0.4) is 0 Å². The van der Waals surface area contributed by atoms with Gasteiger partial charge in [-0.05, 0) is 48.7 Å². The van der Waals surface area contributed by atoms with Crippen LogP contribution in [0.4, 0.5) is 5.69 Å². The number of rotatable bonds is 5. The zero-order valence-electron chi connectivity index (χ0n) is 14.0. The first-order valence-electron chi connectivity index (χ1n) is 7.92. The average molecular weight is 390 g/mol. The maximum absolute atomic E-state index is 12.7. The molecule has 1 heterocycles. The lowest BCUT2D eigenvalue weighted by Gasteiger charge is -2.16. The molecule has 1 aliphatic heterocycles. The van der Waals surface area contributed by atoms with Crippen LogP contribution in [0.25, 0.3) is 0 Å². The van der Waals surface area contributed by atoms with Crippen LogP contribution in [0.1, 0.15) is 24.0 Å². The highest BCUT2D eigenvalue weighted by Gasteiger charge is 2.35. The largest absolute Gasteiger partial charge is 0.493 e. The molecular formula is C19H20BrNO3. The summed E-state index contributed by atoms with van der Waals surface area (Å²) < 4.78 is 12.2. The van der Waals surface area contributed by atoms with E-state index in [1.165, 1.54) is 0 Å². The van der Waals surface area contributed by atoms with E-state index in [-0.39, 0.29) is 11.8 Å². The smallest absolute Gasteiger partial charge is 0.234 e. The third-order valence-electron chi connectivity index (χ3n) is 4.35. The highest BCUT2D eigenvalue weighted by atomic mass is 79.9. The molecule has 1 amide bonds. The third-order valence-corrected chi connectivity index (χ3v) is 4.84. The Kier molecular flexibility index (Phi) is 4.81. The van der Waals surface area contributed by atoms with E-state index in [1.54, 1.807) is 12.0 Å². The van der Waals surface area contributed by atoms with Gasteiger partial charge in [0.15, 0.2) is 11.5 Å². The zero-order valence-corrected chi connectivity index (χ0v) is 15.6. The van der Waals surface area contributed by atoms with Gasteiger partial charge in [-0.2, -0.15) is 0 Å². The molecule has 2 aromatic carbocycles. The number of hydrogen-bond donors (Lipinski definition) is 0. The molecule has 0 bridgehead atoms. The van der Waals surface area contributed by atoms with E-state index in [0.29, 0.717) is 18.8 Å². The van der Waals surface area contributed by atoms with Gasteiger partial charge in [0.05, 0.1) is 19.6 Å². The van der Waals surface area contributed by atoms with Crippen molar-refractivity contribution >= 4 is 27.5 Å². The number of halogens is 1. The number of para-hydroxylation sites is 1. The first kappa shape index (κ1) is 16.8. The molecular weight excluding hydrogens is 370 g/mol. The van der Waals surface area contributed by atoms with Crippen molar-refractivity contribution in [1.29, 1.82) is 0 Å². The molecule has 0 aromatic heterocycles. The molecule has 0 spiro atoms. The summed E-state index contributed by atoms with van der Waals surface area (Å²) in [7, 11) is 3.45. The number of ether oxygens (including phenoxy) is 2. The lowest BCUT2D eigenvalue weighted by Crippen LogP contribution is -2.25. The standard InChI is InChI=1S/C19H20BrNO3/c1-4-24-18-12(6-5-7-17(18)23-3)10-15-14-11-13(20)8-9-16(14)21(2)19(15)22/h5-9,11,15H,4,10H2,1-3H3. The minimum Gasteiger partial charge on any atom is -0.493 e. The van der Waals surface area contributed by atoms with Gasteiger partial charge in [0.1, 0.15) is 0 Å². The summed E-state index contributed by atoms with van der Waals surface area (Å²) in [6.45, 7) is 2.49. The van der Waals surface area contributed by atoms with E-state index in [1.807, 2.05) is 50.4 Å². The van der Waals surface area contributed by atoms with Crippen LogP contribution in [-0.2, 0) is 11.2 Å². The highest BCUT2D eigenvalue weighted by molar-refractivity contribution is 9.10. The molecule has 0 saturated heterocycles. The minimum absolute atomic E-state index is 0.105. The van der Waals surface area contributed by atoms with E-state index in [9.17, 15) is 4.79 Å². The van der Waals surface area contributed by atoms with Crippen molar-refractivity contribution in [3.05, 3.63) is 52.0 Å². The number of fused-ring (bicyclic) bond motifs is 1. The molecule has 24 heavy (non-hydrogen) atoms. The van der Waals surface area contributed by atoms with Crippen molar-refractivity contribution in [2.45, 2.75) is 19.3 Å². The van der Waals surface area contributed by atoms with Crippen molar-refractivity contribution in [3.8, 4) is 11.5 Å². The second kappa shape index (κ2) is 6.85. The van der Waals surface area contributed by atoms with Crippen LogP contribution in [0, 0.1) is 0 Å². The average Bonchev–Trinajstić information content (AvgIpc) is 2.81. The second-order valence-electron chi connectivity index (χ2n) is 5.74. The summed E-state index contributed by atoms with van der Waals surface area (Å²) in [4.78, 5) is 14.5. The predicted molar refractivity (Wildman–Crippen MR) is 98.2 cm³/mol. The normalized spacial score (nSPS) is 16.2. The van der Waals surface area contributed by atoms with Crippen molar-refractivity contribution < 1.29 is 14.3 Å². The Labute approximate surface area is 150 Å². The SMILES string of the molecule is CCOc1c(CC2C(=O)N(C)c3ccc(Br)cc32)cccc1OC. The fourth-order valence-corrected chi connectivity index (χ4v) is 3.58. The number of methoxy groups -OCH3 is 1. The number of carbonyl (C=O) groups is 1. The molecule has 1 atom stereocenters. The molecule has 0 fully saturated rings. The van der Waals surface area contributed by atoms with E-state index in [0.717, 1.165) is 27.0 Å². The summed E-state index contributed by atoms with van der Waals surface area (Å²) in [5.41, 5.74) is 2.99. The van der Waals surface area contributed by atoms with Crippen molar-refractivity contribution in [2.24, 2.45) is 0 Å². The number of anilines is 1. The van der Waals surface area contributed by atoms with Gasteiger partial charge in [0.2, 0.25) is 5.91 Å². The third kappa shape index (κ3) is 2.88. The Morgan fingerprint density at radius 3 is 2.75 bits per heavy atom. The summed E-state index contributed by atoms with van der Waals surface area (Å²) in [5.74, 6) is 1.31. The monoisotopic (exact) mass is 389 g/mol. The number of benzene rings is 2. The Morgan fingerprint density at radius 2 is 2.04 bits per heavy atom. The van der Waals surface area contributed by atoms with E-state index < -0.39 is 0 Å². The number of likely N-dealkylation sites (N-methyl/N-ethyl adjacent to an activating group) is 1. The lowest BCUT2D eigenvalue weighted by atomic mass is 9.92. The molecule has 0 saturated carbocycles. The van der Waals surface area contributed by atoms with Crippen LogP contribution in [-0.4, -0.2) is 26.7 Å². The van der Waals surface area contributed by atoms with Crippen LogP contribution < -0.4 is 14.4 Å². The predicted octanol–water partition coefficient (Wildman–Crippen LogP) is 4.16. The topological polar surface area (TPSA) is 38.8 Å². The van der Waals surface area contributed by atoms with E-state index in [4.69, 9.17) is 9.47 Å². The molecule has 3 rings (SSSR count). The second-order valence-corrected chi connectivity index (χ2v) is 6.65. The Morgan fingerprint density at radius 1 is 1.25 bits per heavy atom. The maximum atomic E-state index is 12.7. The van der Waals surface area contributed by atoms with Crippen LogP contribution >= 0.6 is 15.9 Å². The molecule has 0 radical (unpaired) electrons. The summed E-state index contributed by atoms with van der Waals surface area (Å²) in [5, 5.41) is 0. The number of carbonyl (C=O) groups excluding carboxylic acids is 1. The van der Waals surface area contributed by atoms with Gasteiger partial charge >= 0.3 is 0 Å². The Bertz CT molecular complexity index is 775. The number of nitrogens with zero attached hydrogens (tertiary/aromatic N) is 1. The molecule has 0 N–H and O–H groups in total.